The number of para-hydroxylation sites is 1. The van der Waals surface area contributed by atoms with Gasteiger partial charge in [-0.25, -0.2) is 9.48 Å². The van der Waals surface area contributed by atoms with Crippen molar-refractivity contribution in [3.8, 4) is 17.2 Å². The van der Waals surface area contributed by atoms with Crippen LogP contribution in [0, 0.1) is 6.92 Å². The lowest BCUT2D eigenvalue weighted by Gasteiger charge is -2.11. The maximum Gasteiger partial charge on any atom is 0.331 e. The van der Waals surface area contributed by atoms with Crippen LogP contribution in [0.2, 0.25) is 0 Å². The van der Waals surface area contributed by atoms with Gasteiger partial charge in [-0.05, 0) is 49.8 Å². The number of methoxy groups -OCH3 is 1. The zero-order valence-corrected chi connectivity index (χ0v) is 18.7. The lowest BCUT2D eigenvalue weighted by atomic mass is 10.2. The molecule has 0 fully saturated rings. The predicted octanol–water partition coefficient (Wildman–Crippen LogP) is 2.78. The second-order valence-corrected chi connectivity index (χ2v) is 7.27. The Bertz CT molecular complexity index is 1260. The number of aromatic nitrogens is 2. The summed E-state index contributed by atoms with van der Waals surface area (Å²) in [5.74, 6) is -1.13. The number of rotatable bonds is 7. The number of phenolic OH excluding ortho intramolecular Hbond substituents is 1. The summed E-state index contributed by atoms with van der Waals surface area (Å²) in [5.41, 5.74) is 1.52. The summed E-state index contributed by atoms with van der Waals surface area (Å²) in [6, 6.07) is 13.6. The number of carbonyl (C=O) groups is 2. The number of anilines is 1. The first-order valence-electron chi connectivity index (χ1n) is 10.1. The summed E-state index contributed by atoms with van der Waals surface area (Å²) in [7, 11) is 3.13. The van der Waals surface area contributed by atoms with Crippen LogP contribution in [0.3, 0.4) is 0 Å². The van der Waals surface area contributed by atoms with E-state index in [1.54, 1.807) is 42.9 Å². The van der Waals surface area contributed by atoms with Crippen LogP contribution in [-0.4, -0.2) is 39.6 Å². The fraction of sp³-hybridized carbons (Fsp3) is 0.208. The highest BCUT2D eigenvalue weighted by atomic mass is 16.5. The minimum Gasteiger partial charge on any atom is -0.504 e. The van der Waals surface area contributed by atoms with Crippen LogP contribution in [0.4, 0.5) is 5.69 Å². The average Bonchev–Trinajstić information content (AvgIpc) is 3.02. The van der Waals surface area contributed by atoms with Gasteiger partial charge in [0, 0.05) is 13.1 Å². The molecule has 0 radical (unpaired) electrons. The SMILES string of the molecule is COc1cc(/C=C/C(=O)OC(C)C(=O)Nc2c(C)n(C)n(-c3ccccc3)c2=O)ccc1O. The molecule has 0 saturated carbocycles. The van der Waals surface area contributed by atoms with Crippen molar-refractivity contribution < 1.29 is 24.2 Å². The van der Waals surface area contributed by atoms with Crippen LogP contribution in [0.15, 0.2) is 59.4 Å². The maximum atomic E-state index is 12.9. The van der Waals surface area contributed by atoms with Crippen molar-refractivity contribution in [3.63, 3.8) is 0 Å². The number of aromatic hydroxyl groups is 1. The van der Waals surface area contributed by atoms with E-state index in [1.807, 2.05) is 18.2 Å². The van der Waals surface area contributed by atoms with Gasteiger partial charge in [0.05, 0.1) is 18.5 Å². The lowest BCUT2D eigenvalue weighted by molar-refractivity contribution is -0.148. The van der Waals surface area contributed by atoms with E-state index in [2.05, 4.69) is 5.32 Å². The molecular weight excluding hydrogens is 426 g/mol. The molecule has 1 unspecified atom stereocenters. The van der Waals surface area contributed by atoms with E-state index in [1.165, 1.54) is 30.9 Å². The molecule has 0 spiro atoms. The third-order valence-electron chi connectivity index (χ3n) is 5.08. The monoisotopic (exact) mass is 451 g/mol. The molecule has 0 aliphatic rings. The van der Waals surface area contributed by atoms with Crippen molar-refractivity contribution in [1.82, 2.24) is 9.36 Å². The summed E-state index contributed by atoms with van der Waals surface area (Å²) < 4.78 is 13.3. The van der Waals surface area contributed by atoms with Gasteiger partial charge in [-0.3, -0.25) is 14.3 Å². The minimum absolute atomic E-state index is 0.0231. The second kappa shape index (κ2) is 9.90. The fourth-order valence-corrected chi connectivity index (χ4v) is 3.17. The summed E-state index contributed by atoms with van der Waals surface area (Å²) in [6.07, 6.45) is 1.49. The molecule has 2 N–H and O–H groups in total. The predicted molar refractivity (Wildman–Crippen MR) is 124 cm³/mol. The molecule has 172 valence electrons. The van der Waals surface area contributed by atoms with Gasteiger partial charge in [0.15, 0.2) is 17.6 Å². The van der Waals surface area contributed by atoms with Gasteiger partial charge < -0.3 is 19.9 Å². The topological polar surface area (TPSA) is 112 Å². The number of ether oxygens (including phenoxy) is 2. The van der Waals surface area contributed by atoms with E-state index in [9.17, 15) is 19.5 Å². The van der Waals surface area contributed by atoms with Crippen molar-refractivity contribution >= 4 is 23.6 Å². The molecule has 1 aromatic heterocycles. The van der Waals surface area contributed by atoms with Crippen molar-refractivity contribution in [2.45, 2.75) is 20.0 Å². The summed E-state index contributed by atoms with van der Waals surface area (Å²) in [6.45, 7) is 3.13. The van der Waals surface area contributed by atoms with Crippen LogP contribution in [0.25, 0.3) is 11.8 Å². The molecule has 2 aromatic carbocycles. The molecule has 1 heterocycles. The molecule has 0 aliphatic carbocycles. The fourth-order valence-electron chi connectivity index (χ4n) is 3.17. The Morgan fingerprint density at radius 3 is 2.52 bits per heavy atom. The number of amides is 1. The average molecular weight is 451 g/mol. The Labute approximate surface area is 190 Å². The highest BCUT2D eigenvalue weighted by molar-refractivity contribution is 5.97. The Balaban J connectivity index is 1.69. The smallest absolute Gasteiger partial charge is 0.331 e. The van der Waals surface area contributed by atoms with E-state index in [0.29, 0.717) is 16.9 Å². The van der Waals surface area contributed by atoms with Crippen molar-refractivity contribution in [3.05, 3.63) is 76.2 Å². The first kappa shape index (κ1) is 23.4. The minimum atomic E-state index is -1.14. The Morgan fingerprint density at radius 1 is 1.15 bits per heavy atom. The number of esters is 1. The molecule has 9 heteroatoms. The second-order valence-electron chi connectivity index (χ2n) is 7.27. The van der Waals surface area contributed by atoms with Crippen molar-refractivity contribution in [1.29, 1.82) is 0 Å². The van der Waals surface area contributed by atoms with E-state index >= 15 is 0 Å². The van der Waals surface area contributed by atoms with Gasteiger partial charge in [0.1, 0.15) is 5.69 Å². The first-order valence-corrected chi connectivity index (χ1v) is 10.1. The third-order valence-corrected chi connectivity index (χ3v) is 5.08. The standard InChI is InChI=1S/C24H25N3O6/c1-15-22(24(31)27(26(15)3)18-8-6-5-7-9-18)25-23(30)16(2)33-21(29)13-11-17-10-12-19(28)20(14-17)32-4/h5-14,16,28H,1-4H3,(H,25,30)/b13-11+. The van der Waals surface area contributed by atoms with Gasteiger partial charge in [-0.15, -0.1) is 0 Å². The Kier molecular flexibility index (Phi) is 7.02. The van der Waals surface area contributed by atoms with E-state index < -0.39 is 23.5 Å². The molecule has 1 atom stereocenters. The number of hydrogen-bond acceptors (Lipinski definition) is 6. The first-order chi connectivity index (χ1) is 15.7. The van der Waals surface area contributed by atoms with Gasteiger partial charge >= 0.3 is 5.97 Å². The molecule has 3 rings (SSSR count). The molecular formula is C24H25N3O6. The summed E-state index contributed by atoms with van der Waals surface area (Å²) >= 11 is 0. The van der Waals surface area contributed by atoms with Gasteiger partial charge in [-0.2, -0.15) is 0 Å². The number of carbonyl (C=O) groups excluding carboxylic acids is 2. The van der Waals surface area contributed by atoms with E-state index in [4.69, 9.17) is 9.47 Å². The van der Waals surface area contributed by atoms with E-state index in [0.717, 1.165) is 6.08 Å². The highest BCUT2D eigenvalue weighted by Gasteiger charge is 2.22. The van der Waals surface area contributed by atoms with Crippen LogP contribution in [-0.2, 0) is 21.4 Å². The van der Waals surface area contributed by atoms with Gasteiger partial charge in [0.2, 0.25) is 0 Å². The van der Waals surface area contributed by atoms with Crippen LogP contribution < -0.4 is 15.6 Å². The molecule has 0 saturated heterocycles. The zero-order chi connectivity index (χ0) is 24.1. The maximum absolute atomic E-state index is 12.9. The van der Waals surface area contributed by atoms with Crippen LogP contribution in [0.1, 0.15) is 18.2 Å². The molecule has 1 amide bonds. The number of nitrogens with zero attached hydrogens (tertiary/aromatic N) is 2. The Hall–Kier alpha value is -4.27. The van der Waals surface area contributed by atoms with Crippen LogP contribution >= 0.6 is 0 Å². The number of nitrogens with one attached hydrogen (secondary N) is 1. The Morgan fingerprint density at radius 2 is 1.85 bits per heavy atom. The van der Waals surface area contributed by atoms with Crippen molar-refractivity contribution in [2.75, 3.05) is 12.4 Å². The zero-order valence-electron chi connectivity index (χ0n) is 18.7. The quantitative estimate of drug-likeness (QED) is 0.422. The molecule has 9 nitrogen and oxygen atoms in total. The molecule has 0 aliphatic heterocycles. The largest absolute Gasteiger partial charge is 0.504 e. The molecule has 33 heavy (non-hydrogen) atoms. The molecule has 3 aromatic rings. The van der Waals surface area contributed by atoms with Crippen LogP contribution in [0.5, 0.6) is 11.5 Å². The summed E-state index contributed by atoms with van der Waals surface area (Å²) in [4.78, 5) is 37.6. The normalized spacial score (nSPS) is 11.9. The van der Waals surface area contributed by atoms with Crippen molar-refractivity contribution in [2.24, 2.45) is 7.05 Å². The van der Waals surface area contributed by atoms with Gasteiger partial charge in [-0.1, -0.05) is 24.3 Å². The lowest BCUT2D eigenvalue weighted by Crippen LogP contribution is -2.31. The number of benzene rings is 2. The highest BCUT2D eigenvalue weighted by Crippen LogP contribution is 2.26. The van der Waals surface area contributed by atoms with Gasteiger partial charge in [0.25, 0.3) is 11.5 Å². The van der Waals surface area contributed by atoms with E-state index in [-0.39, 0.29) is 17.2 Å². The third kappa shape index (κ3) is 5.15. The summed E-state index contributed by atoms with van der Waals surface area (Å²) in [5, 5.41) is 12.2. The number of phenols is 1. The number of hydrogen-bond donors (Lipinski definition) is 2. The molecule has 0 bridgehead atoms.